The van der Waals surface area contributed by atoms with Gasteiger partial charge in [-0.2, -0.15) is 8.78 Å². The van der Waals surface area contributed by atoms with Crippen LogP contribution in [-0.2, 0) is 10.7 Å². The highest BCUT2D eigenvalue weighted by molar-refractivity contribution is 14.1. The lowest BCUT2D eigenvalue weighted by atomic mass is 10.0. The number of hydrogen-bond acceptors (Lipinski definition) is 2. The molecule has 0 unspecified atom stereocenters. The first-order chi connectivity index (χ1) is 13.4. The molecule has 2 rings (SSSR count). The molecule has 156 valence electrons. The van der Waals surface area contributed by atoms with E-state index in [1.54, 1.807) is 0 Å². The Morgan fingerprint density at radius 1 is 0.966 bits per heavy atom. The fourth-order valence-corrected chi connectivity index (χ4v) is 2.42. The molecule has 2 amide bonds. The monoisotopic (exact) mass is 526 g/mol. The Hall–Kier alpha value is -2.24. The van der Waals surface area contributed by atoms with Crippen molar-refractivity contribution >= 4 is 40.1 Å². The smallest absolute Gasteiger partial charge is 0.345 e. The van der Waals surface area contributed by atoms with Gasteiger partial charge in [0.15, 0.2) is 11.6 Å². The third-order valence-corrected chi connectivity index (χ3v) is 5.72. The Labute approximate surface area is 177 Å². The van der Waals surface area contributed by atoms with Crippen molar-refractivity contribution in [3.05, 3.63) is 65.0 Å². The number of anilines is 1. The zero-order valence-corrected chi connectivity index (χ0v) is 17.4. The van der Waals surface area contributed by atoms with E-state index in [2.05, 4.69) is 10.6 Å². The number of benzene rings is 2. The third kappa shape index (κ3) is 5.43. The molecule has 4 nitrogen and oxygen atoms in total. The Morgan fingerprint density at radius 3 is 2.17 bits per heavy atom. The number of alkyl halides is 3. The molecule has 0 atom stereocenters. The average molecular weight is 526 g/mol. The summed E-state index contributed by atoms with van der Waals surface area (Å²) in [4.78, 5) is 24.3. The predicted octanol–water partition coefficient (Wildman–Crippen LogP) is 4.78. The maximum absolute atomic E-state index is 14.6. The molecular weight excluding hydrogens is 510 g/mol. The predicted molar refractivity (Wildman–Crippen MR) is 106 cm³/mol. The molecule has 0 saturated carbocycles. The van der Waals surface area contributed by atoms with Crippen molar-refractivity contribution in [3.63, 3.8) is 0 Å². The lowest BCUT2D eigenvalue weighted by molar-refractivity contribution is -0.149. The highest BCUT2D eigenvalue weighted by atomic mass is 127. The van der Waals surface area contributed by atoms with Gasteiger partial charge in [-0.1, -0.05) is 22.6 Å². The zero-order chi connectivity index (χ0) is 22.0. The van der Waals surface area contributed by atoms with Gasteiger partial charge in [-0.3, -0.25) is 9.59 Å². The quantitative estimate of drug-likeness (QED) is 0.324. The minimum absolute atomic E-state index is 0.131. The summed E-state index contributed by atoms with van der Waals surface area (Å²) in [6, 6.07) is 4.63. The van der Waals surface area contributed by atoms with Crippen LogP contribution in [0.3, 0.4) is 0 Å². The Bertz CT molecular complexity index is 950. The van der Waals surface area contributed by atoms with Crippen LogP contribution in [0.2, 0.25) is 0 Å². The third-order valence-electron chi connectivity index (χ3n) is 3.82. The maximum Gasteiger partial charge on any atom is 0.352 e. The zero-order valence-electron chi connectivity index (χ0n) is 15.3. The largest absolute Gasteiger partial charge is 0.352 e. The standard InChI is InChI=1S/C19H16F5IN2O2/c1-18(2,9-25)27-17(29)19(23,24)12-7-10(3-5-13(12)20)16(28)26-11-4-6-14(21)15(22)8-11/h3-8H,9H2,1-2H3,(H,26,28)(H,27,29). The van der Waals surface area contributed by atoms with E-state index in [1.807, 2.05) is 22.6 Å². The molecule has 0 aromatic heterocycles. The number of hydrogen-bond donors (Lipinski definition) is 2. The second-order valence-corrected chi connectivity index (χ2v) is 7.59. The topological polar surface area (TPSA) is 58.2 Å². The highest BCUT2D eigenvalue weighted by Crippen LogP contribution is 2.32. The molecule has 0 bridgehead atoms. The van der Waals surface area contributed by atoms with Crippen LogP contribution in [0.25, 0.3) is 0 Å². The van der Waals surface area contributed by atoms with Crippen molar-refractivity contribution in [2.75, 3.05) is 9.74 Å². The number of halogens is 6. The minimum Gasteiger partial charge on any atom is -0.345 e. The molecule has 0 saturated heterocycles. The number of amides is 2. The van der Waals surface area contributed by atoms with Crippen molar-refractivity contribution in [1.82, 2.24) is 5.32 Å². The maximum atomic E-state index is 14.6. The summed E-state index contributed by atoms with van der Waals surface area (Å²) in [7, 11) is 0. The molecule has 0 aliphatic carbocycles. The van der Waals surface area contributed by atoms with Crippen LogP contribution in [0, 0.1) is 17.5 Å². The molecule has 2 aromatic carbocycles. The van der Waals surface area contributed by atoms with Gasteiger partial charge in [-0.15, -0.1) is 0 Å². The van der Waals surface area contributed by atoms with E-state index in [1.165, 1.54) is 13.8 Å². The van der Waals surface area contributed by atoms with Crippen LogP contribution in [0.5, 0.6) is 0 Å². The molecule has 0 heterocycles. The molecule has 2 aromatic rings. The van der Waals surface area contributed by atoms with Crippen molar-refractivity contribution in [2.45, 2.75) is 25.3 Å². The van der Waals surface area contributed by atoms with Crippen LogP contribution >= 0.6 is 22.6 Å². The first-order valence-corrected chi connectivity index (χ1v) is 9.73. The Kier molecular flexibility index (Phi) is 6.86. The van der Waals surface area contributed by atoms with Crippen molar-refractivity contribution in [3.8, 4) is 0 Å². The lowest BCUT2D eigenvalue weighted by Crippen LogP contribution is -2.50. The molecular formula is C19H16F5IN2O2. The minimum atomic E-state index is -4.24. The Morgan fingerprint density at radius 2 is 1.59 bits per heavy atom. The van der Waals surface area contributed by atoms with E-state index < -0.39 is 51.9 Å². The van der Waals surface area contributed by atoms with E-state index in [0.29, 0.717) is 22.6 Å². The number of carbonyl (C=O) groups excluding carboxylic acids is 2. The van der Waals surface area contributed by atoms with E-state index in [4.69, 9.17) is 0 Å². The van der Waals surface area contributed by atoms with Crippen LogP contribution in [-0.4, -0.2) is 21.8 Å². The molecule has 0 aliphatic rings. The molecule has 0 radical (unpaired) electrons. The van der Waals surface area contributed by atoms with Gasteiger partial charge in [0.05, 0.1) is 5.56 Å². The van der Waals surface area contributed by atoms with Gasteiger partial charge in [-0.25, -0.2) is 13.2 Å². The summed E-state index contributed by atoms with van der Waals surface area (Å²) in [5.74, 6) is -10.7. The van der Waals surface area contributed by atoms with Gasteiger partial charge in [0.1, 0.15) is 5.82 Å². The van der Waals surface area contributed by atoms with Gasteiger partial charge in [0.2, 0.25) is 0 Å². The Balaban J connectivity index is 2.31. The second-order valence-electron chi connectivity index (χ2n) is 6.82. The van der Waals surface area contributed by atoms with Gasteiger partial charge in [-0.05, 0) is 44.2 Å². The van der Waals surface area contributed by atoms with Crippen LogP contribution in [0.1, 0.15) is 29.8 Å². The second kappa shape index (κ2) is 8.64. The van der Waals surface area contributed by atoms with Crippen molar-refractivity contribution in [2.24, 2.45) is 0 Å². The summed E-state index contributed by atoms with van der Waals surface area (Å²) in [6.07, 6.45) is 0. The van der Waals surface area contributed by atoms with Crippen molar-refractivity contribution in [1.29, 1.82) is 0 Å². The van der Waals surface area contributed by atoms with Crippen LogP contribution < -0.4 is 10.6 Å². The first kappa shape index (κ1) is 23.0. The fraction of sp³-hybridized carbons (Fsp3) is 0.263. The summed E-state index contributed by atoms with van der Waals surface area (Å²) in [5.41, 5.74) is -2.77. The first-order valence-electron chi connectivity index (χ1n) is 8.20. The van der Waals surface area contributed by atoms with E-state index >= 15 is 0 Å². The van der Waals surface area contributed by atoms with Gasteiger partial charge < -0.3 is 10.6 Å². The molecule has 0 fully saturated rings. The summed E-state index contributed by atoms with van der Waals surface area (Å²) in [5, 5.41) is 4.32. The van der Waals surface area contributed by atoms with E-state index in [-0.39, 0.29) is 5.69 Å². The summed E-state index contributed by atoms with van der Waals surface area (Å²) >= 11 is 1.91. The van der Waals surface area contributed by atoms with Gasteiger partial charge >= 0.3 is 5.92 Å². The molecule has 0 aliphatic heterocycles. The number of rotatable bonds is 6. The van der Waals surface area contributed by atoms with E-state index in [0.717, 1.165) is 18.2 Å². The fourth-order valence-electron chi connectivity index (χ4n) is 2.23. The average Bonchev–Trinajstić information content (AvgIpc) is 2.64. The molecule has 10 heteroatoms. The number of carbonyl (C=O) groups is 2. The normalized spacial score (nSPS) is 11.9. The van der Waals surface area contributed by atoms with Crippen LogP contribution in [0.4, 0.5) is 27.6 Å². The van der Waals surface area contributed by atoms with Crippen molar-refractivity contribution < 1.29 is 31.5 Å². The van der Waals surface area contributed by atoms with E-state index in [9.17, 15) is 31.5 Å². The lowest BCUT2D eigenvalue weighted by Gasteiger charge is -2.27. The van der Waals surface area contributed by atoms with Gasteiger partial charge in [0, 0.05) is 27.3 Å². The van der Waals surface area contributed by atoms with Gasteiger partial charge in [0.25, 0.3) is 11.8 Å². The summed E-state index contributed by atoms with van der Waals surface area (Å²) in [6.45, 7) is 3.05. The van der Waals surface area contributed by atoms with Crippen LogP contribution in [0.15, 0.2) is 36.4 Å². The molecule has 2 N–H and O–H groups in total. The molecule has 29 heavy (non-hydrogen) atoms. The highest BCUT2D eigenvalue weighted by Gasteiger charge is 2.45. The summed E-state index contributed by atoms with van der Waals surface area (Å²) < 4.78 is 69.7. The molecule has 0 spiro atoms. The number of nitrogens with one attached hydrogen (secondary N) is 2. The SMILES string of the molecule is CC(C)(CI)NC(=O)C(F)(F)c1cc(C(=O)Nc2ccc(F)c(F)c2)ccc1F.